The lowest BCUT2D eigenvalue weighted by molar-refractivity contribution is 0.0208. The van der Waals surface area contributed by atoms with Gasteiger partial charge in [0.25, 0.3) is 0 Å². The number of anilines is 1. The first kappa shape index (κ1) is 35.9. The van der Waals surface area contributed by atoms with E-state index in [1.54, 1.807) is 9.80 Å². The number of hydrogen-bond acceptors (Lipinski definition) is 7. The Morgan fingerprint density at radius 1 is 0.648 bits per heavy atom. The van der Waals surface area contributed by atoms with Crippen LogP contribution in [0.4, 0.5) is 19.7 Å². The first-order valence-corrected chi connectivity index (χ1v) is 19.2. The molecule has 3 aromatic carbocycles. The van der Waals surface area contributed by atoms with Gasteiger partial charge in [-0.05, 0) is 140 Å². The summed E-state index contributed by atoms with van der Waals surface area (Å²) < 4.78 is 25.7. The van der Waals surface area contributed by atoms with E-state index in [1.165, 1.54) is 12.1 Å². The van der Waals surface area contributed by atoms with Gasteiger partial charge in [0, 0.05) is 18.8 Å². The van der Waals surface area contributed by atoms with Gasteiger partial charge >= 0.3 is 12.2 Å². The number of fused-ring (bicyclic) bond motifs is 2. The van der Waals surface area contributed by atoms with E-state index >= 15 is 0 Å². The predicted molar refractivity (Wildman–Crippen MR) is 206 cm³/mol. The van der Waals surface area contributed by atoms with Crippen LogP contribution in [0.25, 0.3) is 22.1 Å². The highest BCUT2D eigenvalue weighted by Gasteiger charge is 2.39. The number of carbonyl (C=O) groups is 2. The Labute approximate surface area is 315 Å². The third-order valence-corrected chi connectivity index (χ3v) is 10.7. The fourth-order valence-corrected chi connectivity index (χ4v) is 8.44. The molecule has 2 unspecified atom stereocenters. The molecule has 5 aromatic rings. The third-order valence-electron chi connectivity index (χ3n) is 10.7. The normalized spacial score (nSPS) is 22.2. The van der Waals surface area contributed by atoms with Gasteiger partial charge in [-0.25, -0.2) is 23.9 Å². The van der Waals surface area contributed by atoms with Crippen LogP contribution in [0.15, 0.2) is 60.7 Å². The van der Waals surface area contributed by atoms with Crippen LogP contribution in [0, 0.1) is 5.82 Å². The van der Waals surface area contributed by atoms with Crippen molar-refractivity contribution in [2.45, 2.75) is 115 Å². The van der Waals surface area contributed by atoms with Gasteiger partial charge in [0.15, 0.2) is 0 Å². The van der Waals surface area contributed by atoms with Gasteiger partial charge in [-0.2, -0.15) is 0 Å². The Kier molecular flexibility index (Phi) is 9.05. The number of benzene rings is 3. The maximum absolute atomic E-state index is 14.2. The molecule has 3 fully saturated rings. The molecular formula is C42H50FN7O4. The molecular weight excluding hydrogens is 686 g/mol. The van der Waals surface area contributed by atoms with Crippen LogP contribution in [0.5, 0.6) is 0 Å². The summed E-state index contributed by atoms with van der Waals surface area (Å²) in [7, 11) is 0. The average molecular weight is 736 g/mol. The summed E-state index contributed by atoms with van der Waals surface area (Å²) >= 11 is 0. The topological polar surface area (TPSA) is 120 Å². The minimum atomic E-state index is -0.573. The van der Waals surface area contributed by atoms with E-state index in [4.69, 9.17) is 19.4 Å². The van der Waals surface area contributed by atoms with Gasteiger partial charge in [0.1, 0.15) is 28.7 Å². The monoisotopic (exact) mass is 735 g/mol. The molecule has 4 atom stereocenters. The number of rotatable bonds is 5. The summed E-state index contributed by atoms with van der Waals surface area (Å²) in [5.74, 6) is 1.26. The van der Waals surface area contributed by atoms with Gasteiger partial charge in [0.2, 0.25) is 0 Å². The van der Waals surface area contributed by atoms with Crippen LogP contribution < -0.4 is 4.90 Å². The summed E-state index contributed by atoms with van der Waals surface area (Å²) in [6.07, 6.45) is 4.57. The van der Waals surface area contributed by atoms with Crippen LogP contribution in [0.1, 0.15) is 127 Å². The zero-order valence-electron chi connectivity index (χ0n) is 32.0. The van der Waals surface area contributed by atoms with Gasteiger partial charge in [0.05, 0.1) is 46.2 Å². The van der Waals surface area contributed by atoms with Crippen molar-refractivity contribution in [3.63, 3.8) is 0 Å². The largest absolute Gasteiger partial charge is 0.444 e. The SMILES string of the molecule is CC(C)(C)OC(=O)N1CCC[C@H]1c1nc2ccc(C3CCC(c4ccc5nc([C@@H]6CCCN6C(=O)OC(C)(C)C)[nH]c5c4)N3c3ccc(F)cc3)cc2[nH]1. The van der Waals surface area contributed by atoms with Crippen molar-refractivity contribution in [2.24, 2.45) is 0 Å². The van der Waals surface area contributed by atoms with E-state index in [0.717, 1.165) is 89.1 Å². The molecule has 0 bridgehead atoms. The van der Waals surface area contributed by atoms with Crippen LogP contribution in [0.2, 0.25) is 0 Å². The molecule has 3 aliphatic heterocycles. The number of amides is 2. The van der Waals surface area contributed by atoms with Gasteiger partial charge in [-0.15, -0.1) is 0 Å². The summed E-state index contributed by atoms with van der Waals surface area (Å²) in [6.45, 7) is 12.6. The van der Waals surface area contributed by atoms with Crippen molar-refractivity contribution in [2.75, 3.05) is 18.0 Å². The fraction of sp³-hybridized carbons (Fsp3) is 0.476. The summed E-state index contributed by atoms with van der Waals surface area (Å²) in [4.78, 5) is 49.0. The maximum atomic E-state index is 14.2. The lowest BCUT2D eigenvalue weighted by Gasteiger charge is -2.33. The Morgan fingerprint density at radius 2 is 1.09 bits per heavy atom. The highest BCUT2D eigenvalue weighted by atomic mass is 19.1. The molecule has 5 heterocycles. The van der Waals surface area contributed by atoms with Gasteiger partial charge in [-0.1, -0.05) is 12.1 Å². The first-order chi connectivity index (χ1) is 25.7. The molecule has 2 amide bonds. The first-order valence-electron chi connectivity index (χ1n) is 19.2. The Morgan fingerprint density at radius 3 is 1.52 bits per heavy atom. The zero-order valence-corrected chi connectivity index (χ0v) is 32.0. The quantitative estimate of drug-likeness (QED) is 0.184. The summed E-state index contributed by atoms with van der Waals surface area (Å²) in [5.41, 5.74) is 5.59. The number of ether oxygens (including phenoxy) is 2. The average Bonchev–Trinajstić information content (AvgIpc) is 3.94. The smallest absolute Gasteiger partial charge is 0.410 e. The molecule has 0 radical (unpaired) electrons. The van der Waals surface area contributed by atoms with Crippen LogP contribution in [0.3, 0.4) is 0 Å². The minimum absolute atomic E-state index is 0.0234. The number of carbonyl (C=O) groups excluding carboxylic acids is 2. The number of nitrogens with zero attached hydrogens (tertiary/aromatic N) is 5. The number of aromatic nitrogens is 4. The third kappa shape index (κ3) is 7.10. The van der Waals surface area contributed by atoms with Crippen molar-refractivity contribution >= 4 is 39.9 Å². The molecule has 11 nitrogen and oxygen atoms in total. The van der Waals surface area contributed by atoms with E-state index in [0.29, 0.717) is 13.1 Å². The molecule has 12 heteroatoms. The molecule has 2 N–H and O–H groups in total. The van der Waals surface area contributed by atoms with Crippen molar-refractivity contribution in [1.29, 1.82) is 0 Å². The Hall–Kier alpha value is -5.13. The molecule has 0 saturated carbocycles. The highest BCUT2D eigenvalue weighted by Crippen LogP contribution is 2.48. The molecule has 284 valence electrons. The number of hydrogen-bond donors (Lipinski definition) is 2. The molecule has 3 aliphatic rings. The summed E-state index contributed by atoms with van der Waals surface area (Å²) in [6, 6.07) is 19.2. The zero-order chi connectivity index (χ0) is 37.9. The standard InChI is InChI=1S/C42H50FN7O4/c1-41(2,3)53-39(51)48-21-7-9-35(48)37-44-29-17-11-25(23-31(29)46-37)33-19-20-34(50(33)28-15-13-27(43)14-16-28)26-12-18-30-32(24-26)47-38(45-30)36-10-8-22-49(36)40(52)54-42(4,5)6/h11-18,23-24,33-36H,7-10,19-22H2,1-6H3,(H,44,46)(H,45,47)/t33?,34?,35-,36-/m0/s1. The van der Waals surface area contributed by atoms with Crippen molar-refractivity contribution in [3.8, 4) is 0 Å². The number of nitrogens with one attached hydrogen (secondary N) is 2. The van der Waals surface area contributed by atoms with Crippen LogP contribution in [-0.4, -0.2) is 66.2 Å². The summed E-state index contributed by atoms with van der Waals surface area (Å²) in [5, 5.41) is 0. The number of imidazole rings is 2. The van der Waals surface area contributed by atoms with Gasteiger partial charge < -0.3 is 24.3 Å². The number of H-pyrrole nitrogens is 2. The van der Waals surface area contributed by atoms with E-state index < -0.39 is 11.2 Å². The maximum Gasteiger partial charge on any atom is 0.410 e. The molecule has 2 aromatic heterocycles. The number of aromatic amines is 2. The molecule has 54 heavy (non-hydrogen) atoms. The second-order valence-corrected chi connectivity index (χ2v) is 17.0. The lowest BCUT2D eigenvalue weighted by Crippen LogP contribution is -2.36. The lowest BCUT2D eigenvalue weighted by atomic mass is 10.0. The fourth-order valence-electron chi connectivity index (χ4n) is 8.44. The molecule has 0 spiro atoms. The van der Waals surface area contributed by atoms with Crippen LogP contribution in [-0.2, 0) is 9.47 Å². The van der Waals surface area contributed by atoms with Crippen molar-refractivity contribution in [3.05, 3.63) is 89.3 Å². The van der Waals surface area contributed by atoms with Crippen molar-refractivity contribution < 1.29 is 23.5 Å². The molecule has 3 saturated heterocycles. The van der Waals surface area contributed by atoms with E-state index in [-0.39, 0.29) is 42.2 Å². The van der Waals surface area contributed by atoms with Crippen LogP contribution >= 0.6 is 0 Å². The van der Waals surface area contributed by atoms with E-state index in [1.807, 2.05) is 53.7 Å². The molecule has 8 rings (SSSR count). The molecule has 0 aliphatic carbocycles. The van der Waals surface area contributed by atoms with E-state index in [2.05, 4.69) is 51.3 Å². The predicted octanol–water partition coefficient (Wildman–Crippen LogP) is 9.81. The van der Waals surface area contributed by atoms with Crippen molar-refractivity contribution in [1.82, 2.24) is 29.7 Å². The minimum Gasteiger partial charge on any atom is -0.444 e. The Balaban J connectivity index is 1.08. The van der Waals surface area contributed by atoms with E-state index in [9.17, 15) is 14.0 Å². The Bertz CT molecular complexity index is 2050. The highest BCUT2D eigenvalue weighted by molar-refractivity contribution is 5.78. The second-order valence-electron chi connectivity index (χ2n) is 17.0. The second kappa shape index (κ2) is 13.6. The van der Waals surface area contributed by atoms with Gasteiger partial charge in [-0.3, -0.25) is 9.80 Å². The number of likely N-dealkylation sites (tertiary alicyclic amines) is 2. The number of halogens is 1.